The smallest absolute Gasteiger partial charge is 0.220 e. The van der Waals surface area contributed by atoms with Crippen molar-refractivity contribution in [3.05, 3.63) is 17.6 Å². The molecule has 0 aliphatic rings. The number of ether oxygens (including phenoxy) is 1. The molecule has 5 heteroatoms. The van der Waals surface area contributed by atoms with Crippen molar-refractivity contribution in [2.75, 3.05) is 14.2 Å². The van der Waals surface area contributed by atoms with E-state index in [1.165, 1.54) is 0 Å². The Morgan fingerprint density at radius 3 is 2.85 bits per heavy atom. The van der Waals surface area contributed by atoms with Crippen LogP contribution in [0.15, 0.2) is 6.20 Å². The minimum atomic E-state index is 0.528. The number of rotatable bonds is 4. The molecule has 0 saturated heterocycles. The molecule has 0 radical (unpaired) electrons. The van der Waals surface area contributed by atoms with Gasteiger partial charge in [0, 0.05) is 11.8 Å². The maximum atomic E-state index is 5.08. The van der Waals surface area contributed by atoms with E-state index >= 15 is 0 Å². The highest BCUT2D eigenvalue weighted by molar-refractivity contribution is 5.23. The summed E-state index contributed by atoms with van der Waals surface area (Å²) in [6, 6.07) is 0. The lowest BCUT2D eigenvalue weighted by atomic mass is 10.3. The Bertz CT molecular complexity index is 278. The van der Waals surface area contributed by atoms with Gasteiger partial charge in [0.2, 0.25) is 5.88 Å². The molecule has 1 heterocycles. The minimum Gasteiger partial charge on any atom is -0.481 e. The zero-order valence-corrected chi connectivity index (χ0v) is 8.00. The first-order valence-electron chi connectivity index (χ1n) is 3.90. The van der Waals surface area contributed by atoms with Gasteiger partial charge < -0.3 is 9.57 Å². The number of methoxy groups -OCH3 is 1. The number of aromatic nitrogens is 2. The number of aryl methyl sites for hydroxylation is 1. The molecular formula is C8H13N3O2. The molecule has 0 aliphatic carbocycles. The van der Waals surface area contributed by atoms with Crippen molar-refractivity contribution in [2.45, 2.75) is 13.5 Å². The molecule has 0 unspecified atom stereocenters. The van der Waals surface area contributed by atoms with E-state index in [1.54, 1.807) is 20.4 Å². The molecule has 0 bridgehead atoms. The molecule has 0 saturated carbocycles. The second-order valence-corrected chi connectivity index (χ2v) is 2.48. The van der Waals surface area contributed by atoms with Crippen molar-refractivity contribution in [1.82, 2.24) is 15.4 Å². The van der Waals surface area contributed by atoms with Gasteiger partial charge in [-0.05, 0) is 6.92 Å². The van der Waals surface area contributed by atoms with Crippen molar-refractivity contribution >= 4 is 0 Å². The molecule has 72 valence electrons. The summed E-state index contributed by atoms with van der Waals surface area (Å²) in [5.74, 6) is 1.27. The topological polar surface area (TPSA) is 56.3 Å². The first kappa shape index (κ1) is 9.88. The summed E-state index contributed by atoms with van der Waals surface area (Å²) in [5, 5.41) is 0. The summed E-state index contributed by atoms with van der Waals surface area (Å²) in [7, 11) is 3.14. The zero-order valence-electron chi connectivity index (χ0n) is 8.00. The Labute approximate surface area is 77.1 Å². The second-order valence-electron chi connectivity index (χ2n) is 2.48. The fourth-order valence-corrected chi connectivity index (χ4v) is 0.922. The van der Waals surface area contributed by atoms with Gasteiger partial charge in [-0.1, -0.05) is 0 Å². The van der Waals surface area contributed by atoms with Gasteiger partial charge in [0.15, 0.2) is 0 Å². The number of nitrogens with one attached hydrogen (secondary N) is 1. The predicted molar refractivity (Wildman–Crippen MR) is 47.2 cm³/mol. The maximum Gasteiger partial charge on any atom is 0.220 e. The normalized spacial score (nSPS) is 10.1. The van der Waals surface area contributed by atoms with Crippen LogP contribution in [-0.4, -0.2) is 24.2 Å². The summed E-state index contributed by atoms with van der Waals surface area (Å²) < 4.78 is 5.08. The van der Waals surface area contributed by atoms with Gasteiger partial charge in [-0.25, -0.2) is 4.98 Å². The lowest BCUT2D eigenvalue weighted by Gasteiger charge is -2.07. The predicted octanol–water partition coefficient (Wildman–Crippen LogP) is 0.445. The fourth-order valence-electron chi connectivity index (χ4n) is 0.922. The lowest BCUT2D eigenvalue weighted by molar-refractivity contribution is 0.0859. The molecule has 1 aromatic heterocycles. The zero-order chi connectivity index (χ0) is 9.68. The molecule has 0 amide bonds. The standard InChI is InChI=1S/C8H13N3O2/c1-6-9-4-7(5-10-13-3)8(11-6)12-2/h4,10H,5H2,1-3H3. The monoisotopic (exact) mass is 183 g/mol. The number of hydrogen-bond acceptors (Lipinski definition) is 5. The van der Waals surface area contributed by atoms with Crippen LogP contribution in [0.4, 0.5) is 0 Å². The summed E-state index contributed by atoms with van der Waals surface area (Å²) in [5.41, 5.74) is 3.57. The van der Waals surface area contributed by atoms with E-state index in [-0.39, 0.29) is 0 Å². The molecule has 0 aliphatic heterocycles. The van der Waals surface area contributed by atoms with Crippen LogP contribution in [0.5, 0.6) is 5.88 Å². The van der Waals surface area contributed by atoms with Gasteiger partial charge in [0.1, 0.15) is 5.82 Å². The van der Waals surface area contributed by atoms with Gasteiger partial charge in [-0.3, -0.25) is 0 Å². The fraction of sp³-hybridized carbons (Fsp3) is 0.500. The second kappa shape index (κ2) is 4.74. The SMILES string of the molecule is CONCc1cnc(C)nc1OC. The van der Waals surface area contributed by atoms with Gasteiger partial charge in [-0.2, -0.15) is 10.5 Å². The summed E-state index contributed by atoms with van der Waals surface area (Å²) >= 11 is 0. The molecule has 0 spiro atoms. The Hall–Kier alpha value is -1.20. The highest BCUT2D eigenvalue weighted by Crippen LogP contribution is 2.12. The van der Waals surface area contributed by atoms with E-state index in [0.717, 1.165) is 5.56 Å². The van der Waals surface area contributed by atoms with Gasteiger partial charge in [-0.15, -0.1) is 0 Å². The molecule has 1 rings (SSSR count). The van der Waals surface area contributed by atoms with E-state index < -0.39 is 0 Å². The van der Waals surface area contributed by atoms with Crippen LogP contribution in [0.2, 0.25) is 0 Å². The minimum absolute atomic E-state index is 0.528. The molecule has 1 aromatic rings. The van der Waals surface area contributed by atoms with E-state index in [4.69, 9.17) is 9.57 Å². The number of hydrogen-bond donors (Lipinski definition) is 1. The van der Waals surface area contributed by atoms with Crippen LogP contribution in [0.3, 0.4) is 0 Å². The number of nitrogens with zero attached hydrogens (tertiary/aromatic N) is 2. The van der Waals surface area contributed by atoms with E-state index in [0.29, 0.717) is 18.2 Å². The van der Waals surface area contributed by atoms with Crippen molar-refractivity contribution in [1.29, 1.82) is 0 Å². The summed E-state index contributed by atoms with van der Waals surface area (Å²) in [6.07, 6.45) is 1.72. The largest absolute Gasteiger partial charge is 0.481 e. The summed E-state index contributed by atoms with van der Waals surface area (Å²) in [4.78, 5) is 12.9. The first-order chi connectivity index (χ1) is 6.27. The van der Waals surface area contributed by atoms with Crippen LogP contribution >= 0.6 is 0 Å². The average molecular weight is 183 g/mol. The first-order valence-corrected chi connectivity index (χ1v) is 3.90. The van der Waals surface area contributed by atoms with Gasteiger partial charge in [0.25, 0.3) is 0 Å². The van der Waals surface area contributed by atoms with Crippen LogP contribution < -0.4 is 10.2 Å². The molecular weight excluding hydrogens is 170 g/mol. The Morgan fingerprint density at radius 2 is 2.23 bits per heavy atom. The Morgan fingerprint density at radius 1 is 1.46 bits per heavy atom. The summed E-state index contributed by atoms with van der Waals surface area (Å²) in [6.45, 7) is 2.34. The lowest BCUT2D eigenvalue weighted by Crippen LogP contribution is -2.12. The Kier molecular flexibility index (Phi) is 3.60. The maximum absolute atomic E-state index is 5.08. The van der Waals surface area contributed by atoms with Crippen LogP contribution in [-0.2, 0) is 11.4 Å². The average Bonchev–Trinajstić information content (AvgIpc) is 2.16. The number of hydroxylamine groups is 1. The van der Waals surface area contributed by atoms with E-state index in [9.17, 15) is 0 Å². The highest BCUT2D eigenvalue weighted by Gasteiger charge is 2.04. The molecule has 0 atom stereocenters. The van der Waals surface area contributed by atoms with Crippen molar-refractivity contribution in [3.63, 3.8) is 0 Å². The van der Waals surface area contributed by atoms with E-state index in [2.05, 4.69) is 15.4 Å². The molecule has 5 nitrogen and oxygen atoms in total. The third-order valence-corrected chi connectivity index (χ3v) is 1.55. The van der Waals surface area contributed by atoms with Gasteiger partial charge in [0.05, 0.1) is 20.8 Å². The third-order valence-electron chi connectivity index (χ3n) is 1.55. The van der Waals surface area contributed by atoms with Crippen molar-refractivity contribution in [3.8, 4) is 5.88 Å². The Balaban J connectivity index is 2.79. The molecule has 1 N–H and O–H groups in total. The van der Waals surface area contributed by atoms with E-state index in [1.807, 2.05) is 6.92 Å². The quantitative estimate of drug-likeness (QED) is 0.686. The molecule has 0 aromatic carbocycles. The third kappa shape index (κ3) is 2.64. The van der Waals surface area contributed by atoms with Crippen LogP contribution in [0.25, 0.3) is 0 Å². The molecule has 13 heavy (non-hydrogen) atoms. The van der Waals surface area contributed by atoms with Crippen molar-refractivity contribution < 1.29 is 9.57 Å². The molecule has 0 fully saturated rings. The van der Waals surface area contributed by atoms with Crippen LogP contribution in [0.1, 0.15) is 11.4 Å². The van der Waals surface area contributed by atoms with Crippen molar-refractivity contribution in [2.24, 2.45) is 0 Å². The van der Waals surface area contributed by atoms with Gasteiger partial charge >= 0.3 is 0 Å². The highest BCUT2D eigenvalue weighted by atomic mass is 16.6. The van der Waals surface area contributed by atoms with Crippen LogP contribution in [0, 0.1) is 6.92 Å².